The molecular formula is C28H48N8O10S. The molecule has 2 heterocycles. The van der Waals surface area contributed by atoms with E-state index in [1.165, 1.54) is 10.6 Å². The standard InChI is InChI=1S/C28H48N8O10S/c29-4-2-1-3-5-30-23(38)19-47-21-14-24(39)36(28(21)46)7-6-31-22(37)15-32-8-9-33(16-25(40)41)11-13-35(18-27(44)45)20-34(12-10-32)17-26(42)43/h14,39,46H,1-13,15-20,29H2,(H,30,38)(H,31,37)(H,40,41)(H,42,43)(H,44,45). The van der Waals surface area contributed by atoms with Gasteiger partial charge in [0.05, 0.1) is 43.5 Å². The number of aromatic hydroxyl groups is 2. The first-order valence-electron chi connectivity index (χ1n) is 15.4. The van der Waals surface area contributed by atoms with Gasteiger partial charge in [0, 0.05) is 65.0 Å². The summed E-state index contributed by atoms with van der Waals surface area (Å²) in [7, 11) is 0. The minimum absolute atomic E-state index is 0.0313. The Morgan fingerprint density at radius 2 is 1.21 bits per heavy atom. The molecule has 0 unspecified atom stereocenters. The zero-order chi connectivity index (χ0) is 34.8. The van der Waals surface area contributed by atoms with E-state index >= 15 is 0 Å². The smallest absolute Gasteiger partial charge is 0.317 e. The van der Waals surface area contributed by atoms with Crippen molar-refractivity contribution in [2.75, 3.05) is 97.5 Å². The molecule has 2 rings (SSSR count). The molecular weight excluding hydrogens is 640 g/mol. The molecule has 0 radical (unpaired) electrons. The maximum atomic E-state index is 12.9. The SMILES string of the molecule is NCCCCCNC(=O)CSc1cc(O)n(CCNC(=O)CN2CCN(CC(=O)O)CCN(CC(=O)O)CN(CC(=O)O)CC2)c1O. The van der Waals surface area contributed by atoms with Crippen molar-refractivity contribution >= 4 is 41.5 Å². The predicted molar refractivity (Wildman–Crippen MR) is 171 cm³/mol. The van der Waals surface area contributed by atoms with E-state index in [2.05, 4.69) is 10.6 Å². The summed E-state index contributed by atoms with van der Waals surface area (Å²) < 4.78 is 1.21. The van der Waals surface area contributed by atoms with Gasteiger partial charge in [0.15, 0.2) is 5.88 Å². The van der Waals surface area contributed by atoms with E-state index in [-0.39, 0.29) is 108 Å². The fraction of sp³-hybridized carbons (Fsp3) is 0.679. The Balaban J connectivity index is 1.95. The number of unbranched alkanes of at least 4 members (excludes halogenated alkanes) is 2. The average molecular weight is 689 g/mol. The van der Waals surface area contributed by atoms with E-state index in [1.807, 2.05) is 0 Å². The summed E-state index contributed by atoms with van der Waals surface area (Å²) in [6.45, 7) is 1.65. The number of carboxylic acid groups (broad SMARTS) is 3. The maximum absolute atomic E-state index is 12.9. The van der Waals surface area contributed by atoms with Gasteiger partial charge in [0.25, 0.3) is 0 Å². The van der Waals surface area contributed by atoms with Crippen molar-refractivity contribution in [2.24, 2.45) is 5.73 Å². The molecule has 0 aliphatic carbocycles. The number of thioether (sulfide) groups is 1. The van der Waals surface area contributed by atoms with Crippen LogP contribution in [-0.2, 0) is 30.5 Å². The number of amides is 2. The van der Waals surface area contributed by atoms with E-state index in [0.717, 1.165) is 31.0 Å². The molecule has 19 heteroatoms. The highest BCUT2D eigenvalue weighted by Gasteiger charge is 2.23. The average Bonchev–Trinajstić information content (AvgIpc) is 3.24. The van der Waals surface area contributed by atoms with Crippen molar-refractivity contribution in [3.05, 3.63) is 6.07 Å². The number of aromatic nitrogens is 1. The van der Waals surface area contributed by atoms with Gasteiger partial charge in [-0.2, -0.15) is 0 Å². The summed E-state index contributed by atoms with van der Waals surface area (Å²) in [5.74, 6) is -4.26. The third kappa shape index (κ3) is 16.2. The number of carboxylic acids is 3. The molecule has 47 heavy (non-hydrogen) atoms. The van der Waals surface area contributed by atoms with Crippen molar-refractivity contribution in [3.63, 3.8) is 0 Å². The van der Waals surface area contributed by atoms with Gasteiger partial charge in [0.1, 0.15) is 0 Å². The van der Waals surface area contributed by atoms with Crippen molar-refractivity contribution in [1.29, 1.82) is 0 Å². The van der Waals surface area contributed by atoms with Crippen molar-refractivity contribution in [2.45, 2.75) is 30.7 Å². The van der Waals surface area contributed by atoms with Crippen molar-refractivity contribution in [1.82, 2.24) is 34.8 Å². The molecule has 18 nitrogen and oxygen atoms in total. The number of nitrogens with one attached hydrogen (secondary N) is 2. The second kappa shape index (κ2) is 21.3. The summed E-state index contributed by atoms with van der Waals surface area (Å²) in [6.07, 6.45) is 2.63. The number of hydrogen-bond donors (Lipinski definition) is 8. The van der Waals surface area contributed by atoms with Gasteiger partial charge in [-0.25, -0.2) is 0 Å². The van der Waals surface area contributed by atoms with E-state index < -0.39 is 17.9 Å². The minimum Gasteiger partial charge on any atom is -0.494 e. The fourth-order valence-electron chi connectivity index (χ4n) is 4.91. The first kappa shape index (κ1) is 39.6. The van der Waals surface area contributed by atoms with Crippen LogP contribution in [0.2, 0.25) is 0 Å². The van der Waals surface area contributed by atoms with Crippen LogP contribution in [0, 0.1) is 0 Å². The van der Waals surface area contributed by atoms with Crippen molar-refractivity contribution in [3.8, 4) is 11.8 Å². The van der Waals surface area contributed by atoms with Crippen LogP contribution in [0.25, 0.3) is 0 Å². The molecule has 0 saturated carbocycles. The number of aliphatic carboxylic acids is 3. The third-order valence-corrected chi connectivity index (χ3v) is 8.29. The molecule has 2 amide bonds. The number of nitrogens with two attached hydrogens (primary N) is 1. The van der Waals surface area contributed by atoms with E-state index in [4.69, 9.17) is 5.73 Å². The van der Waals surface area contributed by atoms with Crippen LogP contribution in [0.3, 0.4) is 0 Å². The zero-order valence-electron chi connectivity index (χ0n) is 26.5. The summed E-state index contributed by atoms with van der Waals surface area (Å²) >= 11 is 1.07. The van der Waals surface area contributed by atoms with Gasteiger partial charge in [-0.15, -0.1) is 11.8 Å². The molecule has 0 atom stereocenters. The van der Waals surface area contributed by atoms with E-state index in [0.29, 0.717) is 24.5 Å². The zero-order valence-corrected chi connectivity index (χ0v) is 27.3. The van der Waals surface area contributed by atoms with Gasteiger partial charge in [-0.05, 0) is 19.4 Å². The monoisotopic (exact) mass is 688 g/mol. The van der Waals surface area contributed by atoms with Gasteiger partial charge in [0.2, 0.25) is 17.7 Å². The van der Waals surface area contributed by atoms with Crippen LogP contribution in [0.15, 0.2) is 11.0 Å². The Hall–Kier alpha value is -3.62. The highest BCUT2D eigenvalue weighted by molar-refractivity contribution is 8.00. The van der Waals surface area contributed by atoms with Crippen LogP contribution in [0.4, 0.5) is 0 Å². The molecule has 1 saturated heterocycles. The molecule has 1 aliphatic rings. The lowest BCUT2D eigenvalue weighted by atomic mass is 10.2. The molecule has 1 aliphatic heterocycles. The van der Waals surface area contributed by atoms with Crippen LogP contribution in [0.5, 0.6) is 11.8 Å². The number of hydrogen-bond acceptors (Lipinski definition) is 13. The van der Waals surface area contributed by atoms with Crippen LogP contribution in [-0.4, -0.2) is 177 Å². The molecule has 0 aromatic carbocycles. The van der Waals surface area contributed by atoms with E-state index in [1.54, 1.807) is 19.6 Å². The molecule has 266 valence electrons. The Labute approximate surface area is 277 Å². The predicted octanol–water partition coefficient (Wildman–Crippen LogP) is -2.21. The lowest BCUT2D eigenvalue weighted by Gasteiger charge is -2.29. The first-order chi connectivity index (χ1) is 22.4. The van der Waals surface area contributed by atoms with Crippen LogP contribution < -0.4 is 16.4 Å². The summed E-state index contributed by atoms with van der Waals surface area (Å²) in [4.78, 5) is 66.1. The van der Waals surface area contributed by atoms with E-state index in [9.17, 15) is 49.5 Å². The minimum atomic E-state index is -1.10. The summed E-state index contributed by atoms with van der Waals surface area (Å²) in [5, 5.41) is 54.5. The Kier molecular flexibility index (Phi) is 17.9. The summed E-state index contributed by atoms with van der Waals surface area (Å²) in [6, 6.07) is 1.34. The van der Waals surface area contributed by atoms with Gasteiger partial charge < -0.3 is 41.9 Å². The number of carbonyl (C=O) groups is 5. The fourth-order valence-corrected chi connectivity index (χ4v) is 5.72. The molecule has 1 aromatic rings. The molecule has 0 bridgehead atoms. The lowest BCUT2D eigenvalue weighted by molar-refractivity contribution is -0.141. The first-order valence-corrected chi connectivity index (χ1v) is 16.4. The second-order valence-electron chi connectivity index (χ2n) is 11.2. The highest BCUT2D eigenvalue weighted by Crippen LogP contribution is 2.35. The molecule has 0 spiro atoms. The Bertz CT molecular complexity index is 1190. The second-order valence-corrected chi connectivity index (χ2v) is 12.2. The molecule has 9 N–H and O–H groups in total. The maximum Gasteiger partial charge on any atom is 0.317 e. The number of rotatable bonds is 19. The quantitative estimate of drug-likeness (QED) is 0.0566. The normalized spacial score (nSPS) is 15.9. The largest absolute Gasteiger partial charge is 0.494 e. The van der Waals surface area contributed by atoms with Gasteiger partial charge in [-0.1, -0.05) is 6.42 Å². The molecule has 1 fully saturated rings. The van der Waals surface area contributed by atoms with Gasteiger partial charge in [-0.3, -0.25) is 48.1 Å². The van der Waals surface area contributed by atoms with Gasteiger partial charge >= 0.3 is 17.9 Å². The summed E-state index contributed by atoms with van der Waals surface area (Å²) in [5.41, 5.74) is 5.46. The molecule has 1 aromatic heterocycles. The number of carbonyl (C=O) groups excluding carboxylic acids is 2. The topological polar surface area (TPSA) is 254 Å². The van der Waals surface area contributed by atoms with Crippen LogP contribution >= 0.6 is 11.8 Å². The van der Waals surface area contributed by atoms with Crippen LogP contribution in [0.1, 0.15) is 19.3 Å². The third-order valence-electron chi connectivity index (χ3n) is 7.27. The highest BCUT2D eigenvalue weighted by atomic mass is 32.2. The Morgan fingerprint density at radius 3 is 1.77 bits per heavy atom. The lowest BCUT2D eigenvalue weighted by Crippen LogP contribution is -2.47. The number of nitrogens with zero attached hydrogens (tertiary/aromatic N) is 5. The Morgan fingerprint density at radius 1 is 0.702 bits per heavy atom. The van der Waals surface area contributed by atoms with Crippen molar-refractivity contribution < 1.29 is 49.5 Å².